The van der Waals surface area contributed by atoms with Crippen molar-refractivity contribution in [1.29, 1.82) is 0 Å². The Hall–Kier alpha value is -3.53. The second-order valence-electron chi connectivity index (χ2n) is 11.7. The lowest BCUT2D eigenvalue weighted by atomic mass is 9.71. The minimum Gasteiger partial charge on any atom is -0.508 e. The Morgan fingerprint density at radius 3 is 2.00 bits per heavy atom. The van der Waals surface area contributed by atoms with Crippen LogP contribution in [0.5, 0.6) is 5.75 Å². The molecule has 0 aliphatic heterocycles. The molecule has 202 valence electrons. The number of carbonyl (C=O) groups is 1. The van der Waals surface area contributed by atoms with Gasteiger partial charge in [0, 0.05) is 5.69 Å². The molecule has 1 unspecified atom stereocenters. The summed E-state index contributed by atoms with van der Waals surface area (Å²) in [6, 6.07) is 18.5. The fourth-order valence-electron chi connectivity index (χ4n) is 5.54. The molecule has 0 saturated heterocycles. The molecule has 4 rings (SSSR count). The van der Waals surface area contributed by atoms with Gasteiger partial charge in [-0.3, -0.25) is 0 Å². The number of phenolic OH excluding ortho intramolecular Hbond substituents is 1. The van der Waals surface area contributed by atoms with Gasteiger partial charge in [0.2, 0.25) is 0 Å². The SMILES string of the molecule is CCCCc1cc2c(cc1C(C)=Cc1ccc(C(=O)O)cc1)C(C)(C)C(C)C2(C)C.Nc1ccc(O)cc1. The fourth-order valence-corrected chi connectivity index (χ4v) is 5.54. The number of rotatable bonds is 6. The molecule has 0 fully saturated rings. The number of benzene rings is 3. The molecule has 0 aromatic heterocycles. The van der Waals surface area contributed by atoms with Crippen molar-refractivity contribution in [3.63, 3.8) is 0 Å². The zero-order valence-corrected chi connectivity index (χ0v) is 23.9. The molecule has 3 aromatic carbocycles. The van der Waals surface area contributed by atoms with Gasteiger partial charge in [-0.2, -0.15) is 0 Å². The highest BCUT2D eigenvalue weighted by Crippen LogP contribution is 2.54. The van der Waals surface area contributed by atoms with E-state index in [-0.39, 0.29) is 16.6 Å². The summed E-state index contributed by atoms with van der Waals surface area (Å²) in [5, 5.41) is 17.8. The lowest BCUT2D eigenvalue weighted by molar-refractivity contribution is 0.0697. The van der Waals surface area contributed by atoms with E-state index in [9.17, 15) is 4.79 Å². The average molecular weight is 514 g/mol. The smallest absolute Gasteiger partial charge is 0.335 e. The van der Waals surface area contributed by atoms with E-state index in [1.807, 2.05) is 12.1 Å². The predicted molar refractivity (Wildman–Crippen MR) is 160 cm³/mol. The lowest BCUT2D eigenvalue weighted by Crippen LogP contribution is -2.30. The van der Waals surface area contributed by atoms with Crippen LogP contribution in [0, 0.1) is 5.92 Å². The summed E-state index contributed by atoms with van der Waals surface area (Å²) >= 11 is 0. The number of aromatic hydroxyl groups is 1. The summed E-state index contributed by atoms with van der Waals surface area (Å²) < 4.78 is 0. The Balaban J connectivity index is 0.000000427. The van der Waals surface area contributed by atoms with E-state index in [1.165, 1.54) is 40.7 Å². The van der Waals surface area contributed by atoms with Gasteiger partial charge in [-0.15, -0.1) is 0 Å². The molecule has 1 aliphatic carbocycles. The van der Waals surface area contributed by atoms with E-state index in [1.54, 1.807) is 36.4 Å². The summed E-state index contributed by atoms with van der Waals surface area (Å²) in [5.41, 5.74) is 14.6. The van der Waals surface area contributed by atoms with Gasteiger partial charge in [-0.1, -0.05) is 78.3 Å². The van der Waals surface area contributed by atoms with Crippen LogP contribution in [-0.4, -0.2) is 16.2 Å². The van der Waals surface area contributed by atoms with Crippen LogP contribution in [0.15, 0.2) is 60.7 Å². The first-order chi connectivity index (χ1) is 17.8. The largest absolute Gasteiger partial charge is 0.508 e. The second-order valence-corrected chi connectivity index (χ2v) is 11.7. The lowest BCUT2D eigenvalue weighted by Gasteiger charge is -2.32. The Morgan fingerprint density at radius 2 is 1.50 bits per heavy atom. The number of fused-ring (bicyclic) bond motifs is 1. The average Bonchev–Trinajstić information content (AvgIpc) is 3.01. The van der Waals surface area contributed by atoms with Crippen LogP contribution in [0.3, 0.4) is 0 Å². The summed E-state index contributed by atoms with van der Waals surface area (Å²) in [4.78, 5) is 11.1. The van der Waals surface area contributed by atoms with Crippen molar-refractivity contribution in [2.24, 2.45) is 5.92 Å². The number of allylic oxidation sites excluding steroid dienone is 1. The molecule has 38 heavy (non-hydrogen) atoms. The second kappa shape index (κ2) is 11.5. The Morgan fingerprint density at radius 1 is 0.947 bits per heavy atom. The normalized spacial score (nSPS) is 17.3. The van der Waals surface area contributed by atoms with Crippen molar-refractivity contribution in [3.8, 4) is 5.75 Å². The maximum Gasteiger partial charge on any atom is 0.335 e. The third kappa shape index (κ3) is 6.12. The molecule has 0 bridgehead atoms. The molecular weight excluding hydrogens is 470 g/mol. The van der Waals surface area contributed by atoms with Gasteiger partial charge >= 0.3 is 5.97 Å². The minimum atomic E-state index is -0.887. The van der Waals surface area contributed by atoms with Gasteiger partial charge in [0.25, 0.3) is 0 Å². The molecule has 1 atom stereocenters. The van der Waals surface area contributed by atoms with E-state index >= 15 is 0 Å². The maximum atomic E-state index is 11.1. The number of nitrogens with two attached hydrogens (primary N) is 1. The molecular formula is C34H43NO3. The van der Waals surface area contributed by atoms with Crippen LogP contribution < -0.4 is 5.73 Å². The zero-order chi connectivity index (χ0) is 28.3. The van der Waals surface area contributed by atoms with Crippen LogP contribution in [0.4, 0.5) is 5.69 Å². The minimum absolute atomic E-state index is 0.139. The molecule has 0 radical (unpaired) electrons. The number of carboxylic acids is 1. The van der Waals surface area contributed by atoms with Crippen LogP contribution in [0.1, 0.15) is 99.5 Å². The Bertz CT molecular complexity index is 1280. The number of phenols is 1. The molecule has 4 N–H and O–H groups in total. The van der Waals surface area contributed by atoms with Crippen molar-refractivity contribution in [2.45, 2.75) is 78.6 Å². The zero-order valence-electron chi connectivity index (χ0n) is 23.9. The standard InChI is InChI=1S/C28H36O2.C6H7NO/c1-8-9-10-22-16-24-25(28(6,7)19(3)27(24,4)5)17-23(22)18(2)15-20-11-13-21(14-12-20)26(29)30;7-5-1-3-6(8)4-2-5/h11-17,19H,8-10H2,1-7H3,(H,29,30);1-4,8H,7H2. The summed E-state index contributed by atoms with van der Waals surface area (Å²) in [5.74, 6) is -0.0667. The number of hydrogen-bond donors (Lipinski definition) is 3. The molecule has 4 nitrogen and oxygen atoms in total. The van der Waals surface area contributed by atoms with Crippen molar-refractivity contribution in [3.05, 3.63) is 94.0 Å². The van der Waals surface area contributed by atoms with Gasteiger partial charge in [0.05, 0.1) is 5.56 Å². The number of nitrogen functional groups attached to an aromatic ring is 1. The number of carboxylic acid groups (broad SMARTS) is 1. The van der Waals surface area contributed by atoms with Gasteiger partial charge in [-0.25, -0.2) is 4.79 Å². The van der Waals surface area contributed by atoms with Gasteiger partial charge in [0.1, 0.15) is 5.75 Å². The molecule has 0 saturated carbocycles. The van der Waals surface area contributed by atoms with E-state index in [0.717, 1.165) is 12.0 Å². The molecule has 4 heteroatoms. The first kappa shape index (κ1) is 29.0. The topological polar surface area (TPSA) is 83.5 Å². The quantitative estimate of drug-likeness (QED) is 0.175. The van der Waals surface area contributed by atoms with E-state index < -0.39 is 5.97 Å². The van der Waals surface area contributed by atoms with Crippen molar-refractivity contribution < 1.29 is 15.0 Å². The van der Waals surface area contributed by atoms with Crippen LogP contribution in [-0.2, 0) is 17.3 Å². The fraction of sp³-hybridized carbons (Fsp3) is 0.382. The summed E-state index contributed by atoms with van der Waals surface area (Å²) in [6.45, 7) is 16.4. The van der Waals surface area contributed by atoms with E-state index in [2.05, 4.69) is 66.7 Å². The number of hydrogen-bond acceptors (Lipinski definition) is 3. The number of aryl methyl sites for hydroxylation is 1. The monoisotopic (exact) mass is 513 g/mol. The summed E-state index contributed by atoms with van der Waals surface area (Å²) in [6.07, 6.45) is 5.64. The first-order valence-electron chi connectivity index (χ1n) is 13.5. The maximum absolute atomic E-state index is 11.1. The highest BCUT2D eigenvalue weighted by molar-refractivity contribution is 5.88. The third-order valence-electron chi connectivity index (χ3n) is 8.46. The Labute approximate surface area is 228 Å². The van der Waals surface area contributed by atoms with Crippen LogP contribution in [0.2, 0.25) is 0 Å². The molecule has 0 amide bonds. The van der Waals surface area contributed by atoms with Gasteiger partial charge in [-0.05, 0) is 106 Å². The van der Waals surface area contributed by atoms with Crippen molar-refractivity contribution >= 4 is 23.3 Å². The number of aromatic carboxylic acids is 1. The highest BCUT2D eigenvalue weighted by atomic mass is 16.4. The summed E-state index contributed by atoms with van der Waals surface area (Å²) in [7, 11) is 0. The number of anilines is 1. The highest BCUT2D eigenvalue weighted by Gasteiger charge is 2.48. The molecule has 0 spiro atoms. The van der Waals surface area contributed by atoms with Crippen LogP contribution in [0.25, 0.3) is 11.6 Å². The molecule has 3 aromatic rings. The molecule has 0 heterocycles. The number of unbranched alkanes of at least 4 members (excludes halogenated alkanes) is 1. The Kier molecular flexibility index (Phi) is 8.76. The van der Waals surface area contributed by atoms with Crippen molar-refractivity contribution in [2.75, 3.05) is 5.73 Å². The third-order valence-corrected chi connectivity index (χ3v) is 8.46. The van der Waals surface area contributed by atoms with E-state index in [0.29, 0.717) is 17.2 Å². The first-order valence-corrected chi connectivity index (χ1v) is 13.5. The predicted octanol–water partition coefficient (Wildman–Crippen LogP) is 8.47. The van der Waals surface area contributed by atoms with Gasteiger partial charge in [0.15, 0.2) is 0 Å². The van der Waals surface area contributed by atoms with Crippen molar-refractivity contribution in [1.82, 2.24) is 0 Å². The van der Waals surface area contributed by atoms with Gasteiger partial charge < -0.3 is 15.9 Å². The van der Waals surface area contributed by atoms with Crippen LogP contribution >= 0.6 is 0 Å². The van der Waals surface area contributed by atoms with E-state index in [4.69, 9.17) is 15.9 Å². The molecule has 1 aliphatic rings.